The van der Waals surface area contributed by atoms with Gasteiger partial charge in [0.25, 0.3) is 0 Å². The average Bonchev–Trinajstić information content (AvgIpc) is 2.51. The maximum atomic E-state index is 11.7. The fourth-order valence-electron chi connectivity index (χ4n) is 2.61. The molecule has 0 saturated carbocycles. The second-order valence-corrected chi connectivity index (χ2v) is 6.41. The predicted octanol–water partition coefficient (Wildman–Crippen LogP) is 3.13. The third kappa shape index (κ3) is 14.0. The van der Waals surface area contributed by atoms with E-state index in [0.29, 0.717) is 6.42 Å². The van der Waals surface area contributed by atoms with Crippen molar-refractivity contribution in [1.82, 2.24) is 5.32 Å². The van der Waals surface area contributed by atoms with Gasteiger partial charge < -0.3 is 16.2 Å². The summed E-state index contributed by atoms with van der Waals surface area (Å²) in [6.45, 7) is 2.22. The van der Waals surface area contributed by atoms with Crippen LogP contribution in [0.5, 0.6) is 0 Å². The maximum Gasteiger partial charge on any atom is 0.305 e. The first-order chi connectivity index (χ1) is 11.5. The predicted molar refractivity (Wildman–Crippen MR) is 94.5 cm³/mol. The van der Waals surface area contributed by atoms with Gasteiger partial charge in [0.2, 0.25) is 11.8 Å². The Morgan fingerprint density at radius 1 is 0.875 bits per heavy atom. The van der Waals surface area contributed by atoms with Gasteiger partial charge in [-0.05, 0) is 6.42 Å². The highest BCUT2D eigenvalue weighted by molar-refractivity contribution is 5.89. The molecule has 2 amide bonds. The zero-order valence-electron chi connectivity index (χ0n) is 15.0. The summed E-state index contributed by atoms with van der Waals surface area (Å²) in [5.41, 5.74) is 5.08. The molecular formula is C18H34N2O4. The molecular weight excluding hydrogens is 308 g/mol. The highest BCUT2D eigenvalue weighted by Crippen LogP contribution is 2.11. The summed E-state index contributed by atoms with van der Waals surface area (Å²) in [7, 11) is 0. The molecule has 4 N–H and O–H groups in total. The van der Waals surface area contributed by atoms with Crippen molar-refractivity contribution in [3.05, 3.63) is 0 Å². The number of primary amides is 1. The standard InChI is InChI=1S/C18H34N2O4/c1-2-3-4-5-6-7-8-9-10-11-12-13-16(21)20-15(18(19)24)14-17(22)23/h15H,2-14H2,1H3,(H2,19,24)(H,20,21)(H,22,23)/t15-/m0/s1. The molecule has 0 aromatic heterocycles. The van der Waals surface area contributed by atoms with Crippen LogP contribution in [0, 0.1) is 0 Å². The number of nitrogens with two attached hydrogens (primary N) is 1. The molecule has 140 valence electrons. The third-order valence-corrected chi connectivity index (χ3v) is 4.06. The van der Waals surface area contributed by atoms with Crippen LogP contribution in [-0.2, 0) is 14.4 Å². The Morgan fingerprint density at radius 2 is 1.33 bits per heavy atom. The van der Waals surface area contributed by atoms with E-state index in [9.17, 15) is 14.4 Å². The molecule has 0 aromatic rings. The lowest BCUT2D eigenvalue weighted by Crippen LogP contribution is -2.45. The molecule has 0 radical (unpaired) electrons. The smallest absolute Gasteiger partial charge is 0.305 e. The van der Waals surface area contributed by atoms with Gasteiger partial charge in [-0.2, -0.15) is 0 Å². The van der Waals surface area contributed by atoms with Crippen molar-refractivity contribution in [2.45, 2.75) is 96.4 Å². The topological polar surface area (TPSA) is 109 Å². The largest absolute Gasteiger partial charge is 0.481 e. The molecule has 0 rings (SSSR count). The van der Waals surface area contributed by atoms with E-state index in [2.05, 4.69) is 12.2 Å². The third-order valence-electron chi connectivity index (χ3n) is 4.06. The van der Waals surface area contributed by atoms with E-state index >= 15 is 0 Å². The van der Waals surface area contributed by atoms with Gasteiger partial charge in [-0.1, -0.05) is 71.1 Å². The number of nitrogens with one attached hydrogen (secondary N) is 1. The minimum Gasteiger partial charge on any atom is -0.481 e. The summed E-state index contributed by atoms with van der Waals surface area (Å²) >= 11 is 0. The van der Waals surface area contributed by atoms with Crippen LogP contribution < -0.4 is 11.1 Å². The number of hydrogen-bond acceptors (Lipinski definition) is 3. The fraction of sp³-hybridized carbons (Fsp3) is 0.833. The number of rotatable bonds is 16. The van der Waals surface area contributed by atoms with Gasteiger partial charge in [0.1, 0.15) is 6.04 Å². The van der Waals surface area contributed by atoms with Crippen molar-refractivity contribution in [3.8, 4) is 0 Å². The summed E-state index contributed by atoms with van der Waals surface area (Å²) in [5, 5.41) is 11.1. The Balaban J connectivity index is 3.54. The molecule has 0 heterocycles. The Kier molecular flexibility index (Phi) is 14.0. The molecule has 24 heavy (non-hydrogen) atoms. The Labute approximate surface area is 145 Å². The second kappa shape index (κ2) is 15.0. The molecule has 0 bridgehead atoms. The van der Waals surface area contributed by atoms with E-state index in [-0.39, 0.29) is 5.91 Å². The van der Waals surface area contributed by atoms with Crippen LogP contribution in [0.3, 0.4) is 0 Å². The van der Waals surface area contributed by atoms with Gasteiger partial charge in [-0.15, -0.1) is 0 Å². The van der Waals surface area contributed by atoms with Gasteiger partial charge in [0, 0.05) is 6.42 Å². The summed E-state index contributed by atoms with van der Waals surface area (Å²) in [6.07, 6.45) is 13.0. The van der Waals surface area contributed by atoms with Crippen LogP contribution in [0.15, 0.2) is 0 Å². The Bertz CT molecular complexity index is 372. The molecule has 0 spiro atoms. The SMILES string of the molecule is CCCCCCCCCCCCCC(=O)N[C@@H](CC(=O)O)C(N)=O. The summed E-state index contributed by atoms with van der Waals surface area (Å²) in [4.78, 5) is 33.4. The first-order valence-electron chi connectivity index (χ1n) is 9.27. The van der Waals surface area contributed by atoms with Crippen molar-refractivity contribution < 1.29 is 19.5 Å². The van der Waals surface area contributed by atoms with E-state index in [1.807, 2.05) is 0 Å². The number of carboxylic acid groups (broad SMARTS) is 1. The zero-order valence-corrected chi connectivity index (χ0v) is 15.0. The zero-order chi connectivity index (χ0) is 18.2. The van der Waals surface area contributed by atoms with E-state index in [4.69, 9.17) is 10.8 Å². The van der Waals surface area contributed by atoms with Gasteiger partial charge in [0.15, 0.2) is 0 Å². The van der Waals surface area contributed by atoms with E-state index in [0.717, 1.165) is 19.3 Å². The van der Waals surface area contributed by atoms with Crippen molar-refractivity contribution in [2.24, 2.45) is 5.73 Å². The minimum atomic E-state index is -1.16. The molecule has 6 heteroatoms. The highest BCUT2D eigenvalue weighted by Gasteiger charge is 2.20. The fourth-order valence-corrected chi connectivity index (χ4v) is 2.61. The molecule has 0 aliphatic rings. The lowest BCUT2D eigenvalue weighted by Gasteiger charge is -2.13. The van der Waals surface area contributed by atoms with Crippen LogP contribution in [0.4, 0.5) is 0 Å². The Morgan fingerprint density at radius 3 is 1.75 bits per heavy atom. The van der Waals surface area contributed by atoms with E-state index in [1.54, 1.807) is 0 Å². The molecule has 0 unspecified atom stereocenters. The quantitative estimate of drug-likeness (QED) is 0.374. The number of carbonyl (C=O) groups excluding carboxylic acids is 2. The number of carbonyl (C=O) groups is 3. The van der Waals surface area contributed by atoms with E-state index < -0.39 is 24.3 Å². The molecule has 0 saturated heterocycles. The van der Waals surface area contributed by atoms with Crippen molar-refractivity contribution in [2.75, 3.05) is 0 Å². The van der Waals surface area contributed by atoms with E-state index in [1.165, 1.54) is 51.4 Å². The summed E-state index contributed by atoms with van der Waals surface area (Å²) in [6, 6.07) is -1.12. The summed E-state index contributed by atoms with van der Waals surface area (Å²) in [5.74, 6) is -2.28. The van der Waals surface area contributed by atoms with Crippen LogP contribution in [0.2, 0.25) is 0 Å². The maximum absolute atomic E-state index is 11.7. The minimum absolute atomic E-state index is 0.306. The number of carboxylic acids is 1. The van der Waals surface area contributed by atoms with Gasteiger partial charge in [0.05, 0.1) is 6.42 Å². The lowest BCUT2D eigenvalue weighted by atomic mass is 10.1. The van der Waals surface area contributed by atoms with Crippen LogP contribution >= 0.6 is 0 Å². The number of hydrogen-bond donors (Lipinski definition) is 3. The average molecular weight is 342 g/mol. The van der Waals surface area contributed by atoms with Crippen molar-refractivity contribution >= 4 is 17.8 Å². The molecule has 0 aliphatic heterocycles. The number of amides is 2. The molecule has 0 fully saturated rings. The van der Waals surface area contributed by atoms with Crippen molar-refractivity contribution in [1.29, 1.82) is 0 Å². The first-order valence-corrected chi connectivity index (χ1v) is 9.27. The Hall–Kier alpha value is -1.59. The highest BCUT2D eigenvalue weighted by atomic mass is 16.4. The van der Waals surface area contributed by atoms with Crippen LogP contribution in [-0.4, -0.2) is 28.9 Å². The number of aliphatic carboxylic acids is 1. The number of unbranched alkanes of at least 4 members (excludes halogenated alkanes) is 10. The van der Waals surface area contributed by atoms with Crippen molar-refractivity contribution in [3.63, 3.8) is 0 Å². The lowest BCUT2D eigenvalue weighted by molar-refractivity contribution is -0.140. The molecule has 0 aliphatic carbocycles. The van der Waals surface area contributed by atoms with Gasteiger partial charge in [-0.3, -0.25) is 14.4 Å². The van der Waals surface area contributed by atoms with Crippen LogP contribution in [0.25, 0.3) is 0 Å². The van der Waals surface area contributed by atoms with Gasteiger partial charge >= 0.3 is 5.97 Å². The monoisotopic (exact) mass is 342 g/mol. The van der Waals surface area contributed by atoms with Crippen LogP contribution in [0.1, 0.15) is 90.4 Å². The van der Waals surface area contributed by atoms with Gasteiger partial charge in [-0.25, -0.2) is 0 Å². The summed E-state index contributed by atoms with van der Waals surface area (Å²) < 4.78 is 0. The normalized spacial score (nSPS) is 11.9. The molecule has 6 nitrogen and oxygen atoms in total. The molecule has 1 atom stereocenters. The molecule has 0 aromatic carbocycles. The second-order valence-electron chi connectivity index (χ2n) is 6.41. The first kappa shape index (κ1) is 22.4.